The van der Waals surface area contributed by atoms with Crippen molar-refractivity contribution in [1.82, 2.24) is 15.3 Å². The van der Waals surface area contributed by atoms with Gasteiger partial charge in [0, 0.05) is 41.6 Å². The van der Waals surface area contributed by atoms with E-state index in [4.69, 9.17) is 0 Å². The molecule has 4 N–H and O–H groups in total. The highest BCUT2D eigenvalue weighted by molar-refractivity contribution is 7.15. The van der Waals surface area contributed by atoms with Gasteiger partial charge in [-0.15, -0.1) is 11.3 Å². The van der Waals surface area contributed by atoms with Crippen LogP contribution in [0.15, 0.2) is 42.7 Å². The lowest BCUT2D eigenvalue weighted by atomic mass is 9.47. The van der Waals surface area contributed by atoms with E-state index in [0.717, 1.165) is 22.6 Å². The third kappa shape index (κ3) is 5.02. The number of fused-ring (bicyclic) bond motifs is 2. The molecule has 0 spiro atoms. The first-order chi connectivity index (χ1) is 19.1. The molecule has 5 unspecified atom stereocenters. The average Bonchev–Trinajstić information content (AvgIpc) is 3.33. The lowest BCUT2D eigenvalue weighted by molar-refractivity contribution is -0.144. The maximum Gasteiger partial charge on any atom is 0.263 e. The van der Waals surface area contributed by atoms with Crippen molar-refractivity contribution in [1.29, 1.82) is 0 Å². The van der Waals surface area contributed by atoms with Gasteiger partial charge in [0.1, 0.15) is 17.2 Å². The first-order valence-corrected chi connectivity index (χ1v) is 14.1. The van der Waals surface area contributed by atoms with E-state index in [2.05, 4.69) is 27.5 Å². The van der Waals surface area contributed by atoms with Crippen molar-refractivity contribution in [2.75, 3.05) is 11.9 Å². The van der Waals surface area contributed by atoms with Gasteiger partial charge in [0.25, 0.3) is 5.91 Å². The van der Waals surface area contributed by atoms with Crippen LogP contribution in [-0.2, 0) is 17.8 Å². The highest BCUT2D eigenvalue weighted by Crippen LogP contribution is 2.62. The van der Waals surface area contributed by atoms with Crippen LogP contribution in [0.25, 0.3) is 0 Å². The Kier molecular flexibility index (Phi) is 7.73. The second-order valence-corrected chi connectivity index (χ2v) is 12.3. The van der Waals surface area contributed by atoms with Crippen molar-refractivity contribution in [2.24, 2.45) is 16.7 Å². The molecule has 1 fully saturated rings. The topological polar surface area (TPSA) is 124 Å². The first kappa shape index (κ1) is 28.3. The van der Waals surface area contributed by atoms with E-state index >= 15 is 0 Å². The lowest BCUT2D eigenvalue weighted by Crippen LogP contribution is -2.57. The average molecular weight is 571 g/mol. The lowest BCUT2D eigenvalue weighted by Gasteiger charge is -2.58. The van der Waals surface area contributed by atoms with E-state index in [0.29, 0.717) is 31.5 Å². The van der Waals surface area contributed by atoms with E-state index in [1.165, 1.54) is 17.4 Å². The fourth-order valence-electron chi connectivity index (χ4n) is 6.53. The molecule has 5 atom stereocenters. The molecule has 212 valence electrons. The van der Waals surface area contributed by atoms with Gasteiger partial charge >= 0.3 is 0 Å². The first-order valence-electron chi connectivity index (χ1n) is 13.3. The highest BCUT2D eigenvalue weighted by atomic mass is 32.1. The SMILES string of the molecule is CC1(CO)C(O)CCC2(C)C(CC(=O)NCc3cccnc3)c3nc(NC(=O)c4c(F)cccc4F)sc3CC12. The quantitative estimate of drug-likeness (QED) is 0.338. The number of pyridine rings is 1. The molecule has 1 aromatic carbocycles. The molecule has 0 aliphatic heterocycles. The molecule has 0 saturated heterocycles. The molecule has 2 amide bonds. The minimum atomic E-state index is -0.979. The van der Waals surface area contributed by atoms with Crippen LogP contribution in [0.4, 0.5) is 13.9 Å². The Hall–Kier alpha value is -3.28. The third-order valence-corrected chi connectivity index (χ3v) is 9.91. The van der Waals surface area contributed by atoms with Crippen LogP contribution in [0.2, 0.25) is 0 Å². The Labute approximate surface area is 234 Å². The fraction of sp³-hybridized carbons (Fsp3) is 0.448. The number of aliphatic hydroxyl groups is 2. The minimum absolute atomic E-state index is 0.108. The molecule has 2 aromatic heterocycles. The van der Waals surface area contributed by atoms with Gasteiger partial charge in [-0.2, -0.15) is 0 Å². The molecule has 0 radical (unpaired) electrons. The van der Waals surface area contributed by atoms with Crippen molar-refractivity contribution in [3.05, 3.63) is 76.1 Å². The van der Waals surface area contributed by atoms with E-state index in [9.17, 15) is 28.6 Å². The molecular formula is C29H32F2N4O4S. The molecule has 1 saturated carbocycles. The minimum Gasteiger partial charge on any atom is -0.396 e. The number of aliphatic hydroxyl groups excluding tert-OH is 2. The van der Waals surface area contributed by atoms with E-state index in [-0.39, 0.29) is 35.9 Å². The summed E-state index contributed by atoms with van der Waals surface area (Å²) in [5.74, 6) is -3.65. The number of halogens is 2. The van der Waals surface area contributed by atoms with Crippen LogP contribution in [-0.4, -0.2) is 44.7 Å². The van der Waals surface area contributed by atoms with Crippen LogP contribution >= 0.6 is 11.3 Å². The summed E-state index contributed by atoms with van der Waals surface area (Å²) >= 11 is 1.19. The van der Waals surface area contributed by atoms with Gasteiger partial charge < -0.3 is 15.5 Å². The van der Waals surface area contributed by atoms with Gasteiger partial charge in [-0.1, -0.05) is 26.0 Å². The fourth-order valence-corrected chi connectivity index (χ4v) is 7.60. The smallest absolute Gasteiger partial charge is 0.263 e. The largest absolute Gasteiger partial charge is 0.396 e. The van der Waals surface area contributed by atoms with Crippen molar-refractivity contribution in [2.45, 2.75) is 58.1 Å². The normalized spacial score (nSPS) is 27.4. The number of carbonyl (C=O) groups is 2. The van der Waals surface area contributed by atoms with E-state index in [1.807, 2.05) is 13.0 Å². The summed E-state index contributed by atoms with van der Waals surface area (Å²) in [6.07, 6.45) is 4.30. The molecule has 2 heterocycles. The Morgan fingerprint density at radius 1 is 1.18 bits per heavy atom. The summed E-state index contributed by atoms with van der Waals surface area (Å²) < 4.78 is 28.5. The van der Waals surface area contributed by atoms with E-state index in [1.54, 1.807) is 18.5 Å². The number of hydrogen-bond acceptors (Lipinski definition) is 7. The Bertz CT molecular complexity index is 1400. The number of amides is 2. The number of benzene rings is 1. The summed E-state index contributed by atoms with van der Waals surface area (Å²) in [4.78, 5) is 35.6. The third-order valence-electron chi connectivity index (χ3n) is 8.91. The molecule has 8 nitrogen and oxygen atoms in total. The van der Waals surface area contributed by atoms with Crippen molar-refractivity contribution in [3.8, 4) is 0 Å². The Balaban J connectivity index is 1.47. The zero-order chi connectivity index (χ0) is 28.7. The van der Waals surface area contributed by atoms with Gasteiger partial charge in [0.2, 0.25) is 5.91 Å². The number of hydrogen-bond donors (Lipinski definition) is 4. The zero-order valence-corrected chi connectivity index (χ0v) is 23.1. The maximum atomic E-state index is 14.2. The number of nitrogens with zero attached hydrogens (tertiary/aromatic N) is 2. The number of rotatable bonds is 7. The predicted octanol–water partition coefficient (Wildman–Crippen LogP) is 4.19. The predicted molar refractivity (Wildman–Crippen MR) is 146 cm³/mol. The molecule has 2 aliphatic carbocycles. The maximum absolute atomic E-state index is 14.2. The summed E-state index contributed by atoms with van der Waals surface area (Å²) in [6.45, 7) is 4.03. The second kappa shape index (κ2) is 10.9. The molecule has 11 heteroatoms. The summed E-state index contributed by atoms with van der Waals surface area (Å²) in [5, 5.41) is 27.0. The molecule has 40 heavy (non-hydrogen) atoms. The number of anilines is 1. The van der Waals surface area contributed by atoms with Gasteiger partial charge in [0.15, 0.2) is 5.13 Å². The molecule has 5 rings (SSSR count). The molecule has 0 bridgehead atoms. The van der Waals surface area contributed by atoms with Crippen LogP contribution < -0.4 is 10.6 Å². The van der Waals surface area contributed by atoms with Gasteiger partial charge in [-0.25, -0.2) is 13.8 Å². The van der Waals surface area contributed by atoms with Crippen molar-refractivity contribution < 1.29 is 28.6 Å². The van der Waals surface area contributed by atoms with Gasteiger partial charge in [-0.3, -0.25) is 19.9 Å². The van der Waals surface area contributed by atoms with Gasteiger partial charge in [0.05, 0.1) is 18.4 Å². The van der Waals surface area contributed by atoms with Crippen LogP contribution in [0.5, 0.6) is 0 Å². The standard InChI is InChI=1S/C29H32F2N4O4S/c1-28-9-8-22(37)29(2,15-36)21(28)12-20-25(17(28)11-23(38)33-14-16-5-4-10-32-13-16)34-27(40-20)35-26(39)24-18(30)6-3-7-19(24)31/h3-7,10,13,17,21-22,36-37H,8-9,11-12,14-15H2,1-2H3,(H,33,38)(H,34,35,39). The number of nitrogens with one attached hydrogen (secondary N) is 2. The highest BCUT2D eigenvalue weighted by Gasteiger charge is 2.59. The summed E-state index contributed by atoms with van der Waals surface area (Å²) in [5.41, 5.74) is -0.474. The van der Waals surface area contributed by atoms with Crippen molar-refractivity contribution >= 4 is 28.3 Å². The monoisotopic (exact) mass is 570 g/mol. The van der Waals surface area contributed by atoms with Crippen LogP contribution in [0.1, 0.15) is 65.5 Å². The van der Waals surface area contributed by atoms with E-state index < -0.39 is 40.0 Å². The Morgan fingerprint density at radius 2 is 1.93 bits per heavy atom. The number of carbonyl (C=O) groups excluding carboxylic acids is 2. The number of aromatic nitrogens is 2. The second-order valence-electron chi connectivity index (χ2n) is 11.3. The number of thiazole rings is 1. The Morgan fingerprint density at radius 3 is 2.60 bits per heavy atom. The molecular weight excluding hydrogens is 538 g/mol. The van der Waals surface area contributed by atoms with Crippen LogP contribution in [0, 0.1) is 28.4 Å². The zero-order valence-electron chi connectivity index (χ0n) is 22.3. The summed E-state index contributed by atoms with van der Waals surface area (Å²) in [7, 11) is 0. The molecule has 2 aliphatic rings. The molecule has 3 aromatic rings. The van der Waals surface area contributed by atoms with Gasteiger partial charge in [-0.05, 0) is 54.4 Å². The summed E-state index contributed by atoms with van der Waals surface area (Å²) in [6, 6.07) is 6.87. The van der Waals surface area contributed by atoms with Crippen LogP contribution in [0.3, 0.4) is 0 Å². The van der Waals surface area contributed by atoms with Crippen molar-refractivity contribution in [3.63, 3.8) is 0 Å².